The van der Waals surface area contributed by atoms with Crippen LogP contribution in [-0.2, 0) is 0 Å². The van der Waals surface area contributed by atoms with E-state index in [0.29, 0.717) is 10.9 Å². The van der Waals surface area contributed by atoms with Gasteiger partial charge in [0.15, 0.2) is 0 Å². The highest BCUT2D eigenvalue weighted by Crippen LogP contribution is 2.19. The number of rotatable bonds is 0. The standard InChI is InChI=1S/C9H7NO2.CH4/c11-8-5-9(12)10-7-4-2-1-3-6(7)8;/h1-5H,(H2,10,11,12);1H4. The van der Waals surface area contributed by atoms with Crippen LogP contribution in [0.5, 0.6) is 5.75 Å². The second-order valence-electron chi connectivity index (χ2n) is 2.56. The van der Waals surface area contributed by atoms with Crippen LogP contribution < -0.4 is 5.56 Å². The molecule has 3 nitrogen and oxygen atoms in total. The van der Waals surface area contributed by atoms with Gasteiger partial charge in [-0.3, -0.25) is 4.79 Å². The van der Waals surface area contributed by atoms with Gasteiger partial charge in [0.1, 0.15) is 5.75 Å². The Morgan fingerprint density at radius 2 is 1.92 bits per heavy atom. The first-order valence-electron chi connectivity index (χ1n) is 3.58. The van der Waals surface area contributed by atoms with Crippen LogP contribution in [0.15, 0.2) is 35.1 Å². The van der Waals surface area contributed by atoms with E-state index in [1.54, 1.807) is 24.3 Å². The monoisotopic (exact) mass is 177 g/mol. The predicted octanol–water partition coefficient (Wildman–Crippen LogP) is 1.87. The molecular formula is C10H11NO2. The lowest BCUT2D eigenvalue weighted by molar-refractivity contribution is 0.480. The van der Waals surface area contributed by atoms with E-state index in [2.05, 4.69) is 4.98 Å². The Hall–Kier alpha value is -1.77. The highest BCUT2D eigenvalue weighted by Gasteiger charge is 1.98. The summed E-state index contributed by atoms with van der Waals surface area (Å²) in [6, 6.07) is 8.28. The lowest BCUT2D eigenvalue weighted by atomic mass is 10.2. The third kappa shape index (κ3) is 1.54. The fourth-order valence-electron chi connectivity index (χ4n) is 1.19. The van der Waals surface area contributed by atoms with E-state index in [-0.39, 0.29) is 18.7 Å². The summed E-state index contributed by atoms with van der Waals surface area (Å²) in [5.74, 6) is 0.0225. The minimum absolute atomic E-state index is 0. The lowest BCUT2D eigenvalue weighted by Crippen LogP contribution is -2.02. The molecule has 0 amide bonds. The molecule has 2 N–H and O–H groups in total. The van der Waals surface area contributed by atoms with Gasteiger partial charge < -0.3 is 10.1 Å². The molecule has 0 saturated carbocycles. The summed E-state index contributed by atoms with van der Waals surface area (Å²) in [6.07, 6.45) is 0. The molecule has 2 rings (SSSR count). The van der Waals surface area contributed by atoms with Crippen LogP contribution in [0.25, 0.3) is 10.9 Å². The molecule has 1 aromatic heterocycles. The minimum atomic E-state index is -0.286. The SMILES string of the molecule is C.O=c1cc(O)c2ccccc2[nH]1. The Kier molecular flexibility index (Phi) is 2.37. The average molecular weight is 177 g/mol. The summed E-state index contributed by atoms with van der Waals surface area (Å²) >= 11 is 0. The molecule has 2 aromatic rings. The van der Waals surface area contributed by atoms with Crippen molar-refractivity contribution < 1.29 is 5.11 Å². The van der Waals surface area contributed by atoms with Crippen molar-refractivity contribution in [3.05, 3.63) is 40.7 Å². The van der Waals surface area contributed by atoms with Crippen LogP contribution in [0.1, 0.15) is 7.43 Å². The van der Waals surface area contributed by atoms with E-state index in [9.17, 15) is 9.90 Å². The molecule has 0 saturated heterocycles. The fraction of sp³-hybridized carbons (Fsp3) is 0.100. The summed E-state index contributed by atoms with van der Waals surface area (Å²) in [5, 5.41) is 10.00. The molecule has 1 heterocycles. The first-order valence-corrected chi connectivity index (χ1v) is 3.58. The predicted molar refractivity (Wildman–Crippen MR) is 53.0 cm³/mol. The summed E-state index contributed by atoms with van der Waals surface area (Å²) in [5.41, 5.74) is 0.369. The van der Waals surface area contributed by atoms with Crippen LogP contribution in [0.2, 0.25) is 0 Å². The first kappa shape index (κ1) is 9.32. The summed E-state index contributed by atoms with van der Waals surface area (Å²) in [6.45, 7) is 0. The molecule has 13 heavy (non-hydrogen) atoms. The van der Waals surface area contributed by atoms with Crippen molar-refractivity contribution in [3.8, 4) is 5.75 Å². The molecule has 0 aliphatic rings. The van der Waals surface area contributed by atoms with Gasteiger partial charge in [0.25, 0.3) is 5.56 Å². The smallest absolute Gasteiger partial charge is 0.252 e. The maximum Gasteiger partial charge on any atom is 0.252 e. The number of hydrogen-bond donors (Lipinski definition) is 2. The number of nitrogens with one attached hydrogen (secondary N) is 1. The number of hydrogen-bond acceptors (Lipinski definition) is 2. The van der Waals surface area contributed by atoms with Gasteiger partial charge in [-0.05, 0) is 12.1 Å². The molecule has 0 aliphatic heterocycles. The largest absolute Gasteiger partial charge is 0.507 e. The van der Waals surface area contributed by atoms with Gasteiger partial charge in [0.05, 0.1) is 5.52 Å². The van der Waals surface area contributed by atoms with Crippen LogP contribution in [-0.4, -0.2) is 10.1 Å². The van der Waals surface area contributed by atoms with E-state index in [0.717, 1.165) is 0 Å². The summed E-state index contributed by atoms with van der Waals surface area (Å²) in [7, 11) is 0. The number of H-pyrrole nitrogens is 1. The molecule has 3 heteroatoms. The topological polar surface area (TPSA) is 53.1 Å². The van der Waals surface area contributed by atoms with Gasteiger partial charge in [-0.15, -0.1) is 0 Å². The molecule has 0 aliphatic carbocycles. The Morgan fingerprint density at radius 3 is 2.69 bits per heavy atom. The van der Waals surface area contributed by atoms with Crippen molar-refractivity contribution in [2.45, 2.75) is 7.43 Å². The normalized spacial score (nSPS) is 9.54. The van der Waals surface area contributed by atoms with E-state index in [1.165, 1.54) is 6.07 Å². The highest BCUT2D eigenvalue weighted by molar-refractivity contribution is 5.84. The van der Waals surface area contributed by atoms with Crippen LogP contribution in [0.3, 0.4) is 0 Å². The first-order chi connectivity index (χ1) is 5.77. The number of aromatic nitrogens is 1. The highest BCUT2D eigenvalue weighted by atomic mass is 16.3. The number of aromatic amines is 1. The van der Waals surface area contributed by atoms with E-state index >= 15 is 0 Å². The quantitative estimate of drug-likeness (QED) is 0.645. The third-order valence-corrected chi connectivity index (χ3v) is 1.73. The van der Waals surface area contributed by atoms with Gasteiger partial charge in [-0.1, -0.05) is 19.6 Å². The minimum Gasteiger partial charge on any atom is -0.507 e. The average Bonchev–Trinajstić information content (AvgIpc) is 2.04. The van der Waals surface area contributed by atoms with E-state index in [1.807, 2.05) is 0 Å². The number of pyridine rings is 1. The molecule has 68 valence electrons. The van der Waals surface area contributed by atoms with Crippen LogP contribution >= 0.6 is 0 Å². The van der Waals surface area contributed by atoms with Gasteiger partial charge in [-0.2, -0.15) is 0 Å². The van der Waals surface area contributed by atoms with Crippen molar-refractivity contribution >= 4 is 10.9 Å². The van der Waals surface area contributed by atoms with E-state index < -0.39 is 0 Å². The van der Waals surface area contributed by atoms with Crippen molar-refractivity contribution in [2.75, 3.05) is 0 Å². The molecule has 0 atom stereocenters. The number of aromatic hydroxyl groups is 1. The molecule has 0 spiro atoms. The molecule has 0 bridgehead atoms. The fourth-order valence-corrected chi connectivity index (χ4v) is 1.19. The van der Waals surface area contributed by atoms with Gasteiger partial charge in [0.2, 0.25) is 0 Å². The van der Waals surface area contributed by atoms with E-state index in [4.69, 9.17) is 0 Å². The van der Waals surface area contributed by atoms with Crippen molar-refractivity contribution in [3.63, 3.8) is 0 Å². The maximum absolute atomic E-state index is 10.9. The van der Waals surface area contributed by atoms with Crippen molar-refractivity contribution in [1.82, 2.24) is 4.98 Å². The molecule has 0 radical (unpaired) electrons. The Morgan fingerprint density at radius 1 is 1.23 bits per heavy atom. The van der Waals surface area contributed by atoms with Crippen molar-refractivity contribution in [2.24, 2.45) is 0 Å². The zero-order valence-corrected chi connectivity index (χ0v) is 6.24. The third-order valence-electron chi connectivity index (χ3n) is 1.73. The molecule has 0 unspecified atom stereocenters. The number of para-hydroxylation sites is 1. The maximum atomic E-state index is 10.9. The second kappa shape index (κ2) is 3.31. The number of benzene rings is 1. The van der Waals surface area contributed by atoms with Gasteiger partial charge in [0, 0.05) is 11.5 Å². The molecule has 0 fully saturated rings. The van der Waals surface area contributed by atoms with Gasteiger partial charge in [-0.25, -0.2) is 0 Å². The zero-order valence-electron chi connectivity index (χ0n) is 6.24. The second-order valence-corrected chi connectivity index (χ2v) is 2.56. The Balaban J connectivity index is 0.000000845. The Labute approximate surface area is 75.7 Å². The summed E-state index contributed by atoms with van der Waals surface area (Å²) < 4.78 is 0. The zero-order chi connectivity index (χ0) is 8.55. The van der Waals surface area contributed by atoms with Crippen molar-refractivity contribution in [1.29, 1.82) is 0 Å². The number of fused-ring (bicyclic) bond motifs is 1. The molecular weight excluding hydrogens is 166 g/mol. The lowest BCUT2D eigenvalue weighted by Gasteiger charge is -1.97. The van der Waals surface area contributed by atoms with Crippen LogP contribution in [0, 0.1) is 0 Å². The molecule has 1 aromatic carbocycles. The van der Waals surface area contributed by atoms with Gasteiger partial charge >= 0.3 is 0 Å². The Bertz CT molecular complexity index is 474. The summed E-state index contributed by atoms with van der Waals surface area (Å²) in [4.78, 5) is 13.5. The van der Waals surface area contributed by atoms with Crippen LogP contribution in [0.4, 0.5) is 0 Å².